The van der Waals surface area contributed by atoms with Crippen LogP contribution in [-0.2, 0) is 25.5 Å². The van der Waals surface area contributed by atoms with E-state index in [1.54, 1.807) is 20.8 Å². The van der Waals surface area contributed by atoms with Crippen LogP contribution in [0.1, 0.15) is 33.3 Å². The molecule has 3 amide bonds. The van der Waals surface area contributed by atoms with Crippen LogP contribution in [0.5, 0.6) is 0 Å². The van der Waals surface area contributed by atoms with Crippen LogP contribution in [0.25, 0.3) is 0 Å². The van der Waals surface area contributed by atoms with Crippen molar-refractivity contribution in [1.82, 2.24) is 16.0 Å². The van der Waals surface area contributed by atoms with E-state index in [1.807, 2.05) is 30.3 Å². The van der Waals surface area contributed by atoms with Gasteiger partial charge in [-0.25, -0.2) is 4.79 Å². The topological polar surface area (TPSA) is 114 Å². The van der Waals surface area contributed by atoms with Gasteiger partial charge in [-0.2, -0.15) is 0 Å². The zero-order chi connectivity index (χ0) is 21.3. The van der Waals surface area contributed by atoms with Gasteiger partial charge in [0.1, 0.15) is 17.9 Å². The van der Waals surface area contributed by atoms with Gasteiger partial charge < -0.3 is 20.7 Å². The third kappa shape index (κ3) is 7.77. The Morgan fingerprint density at radius 3 is 2.11 bits per heavy atom. The van der Waals surface area contributed by atoms with E-state index in [-0.39, 0.29) is 18.7 Å². The Morgan fingerprint density at radius 1 is 1.00 bits per heavy atom. The molecule has 28 heavy (non-hydrogen) atoms. The van der Waals surface area contributed by atoms with Crippen molar-refractivity contribution < 1.29 is 23.9 Å². The Morgan fingerprint density at radius 2 is 1.61 bits per heavy atom. The monoisotopic (exact) mass is 391 g/mol. The predicted octanol–water partition coefficient (Wildman–Crippen LogP) is 1.19. The number of ether oxygens (including phenoxy) is 1. The van der Waals surface area contributed by atoms with Crippen molar-refractivity contribution in [2.75, 3.05) is 13.7 Å². The maximum Gasteiger partial charge on any atom is 0.407 e. The molecule has 1 aromatic rings. The van der Waals surface area contributed by atoms with Crippen LogP contribution in [-0.4, -0.2) is 49.4 Å². The van der Waals surface area contributed by atoms with Crippen molar-refractivity contribution in [2.24, 2.45) is 5.41 Å². The van der Waals surface area contributed by atoms with Crippen molar-refractivity contribution >= 4 is 23.7 Å². The van der Waals surface area contributed by atoms with E-state index in [1.165, 1.54) is 14.0 Å². The second-order valence-corrected chi connectivity index (χ2v) is 7.61. The van der Waals surface area contributed by atoms with Crippen LogP contribution < -0.4 is 16.0 Å². The summed E-state index contributed by atoms with van der Waals surface area (Å²) in [6.45, 7) is 6.60. The summed E-state index contributed by atoms with van der Waals surface area (Å²) in [5.41, 5.74) is 0.227. The minimum absolute atomic E-state index is 0.122. The first kappa shape index (κ1) is 23.1. The highest BCUT2D eigenvalue weighted by molar-refractivity contribution is 5.93. The number of rotatable bonds is 8. The van der Waals surface area contributed by atoms with E-state index in [9.17, 15) is 19.2 Å². The van der Waals surface area contributed by atoms with Gasteiger partial charge in [0, 0.05) is 6.42 Å². The normalized spacial score (nSPS) is 13.0. The molecule has 1 rings (SSSR count). The molecule has 0 saturated heterocycles. The first-order chi connectivity index (χ1) is 13.0. The Labute approximate surface area is 165 Å². The van der Waals surface area contributed by atoms with Crippen molar-refractivity contribution in [3.05, 3.63) is 35.9 Å². The second-order valence-electron chi connectivity index (χ2n) is 7.61. The molecule has 1 unspecified atom stereocenters. The van der Waals surface area contributed by atoms with E-state index in [0.717, 1.165) is 5.56 Å². The third-order valence-electron chi connectivity index (χ3n) is 4.00. The van der Waals surface area contributed by atoms with Gasteiger partial charge in [-0.3, -0.25) is 14.4 Å². The molecule has 0 radical (unpaired) electrons. The molecule has 0 bridgehead atoms. The molecule has 154 valence electrons. The standard InChI is InChI=1S/C20H29N3O5/c1-13(24)12-21-17(25)15(11-14-9-7-6-8-10-14)22-18(26)16(20(2,3)4)23-19(27)28-5/h6-10,15-16H,11-12H2,1-5H3,(H,21,25)(H,22,26)(H,23,27)/t15-,16?/m0/s1. The van der Waals surface area contributed by atoms with Gasteiger partial charge >= 0.3 is 6.09 Å². The molecule has 1 aromatic carbocycles. The number of carbonyl (C=O) groups excluding carboxylic acids is 4. The molecule has 0 aliphatic carbocycles. The average Bonchev–Trinajstić information content (AvgIpc) is 2.63. The number of carbonyl (C=O) groups is 4. The lowest BCUT2D eigenvalue weighted by molar-refractivity contribution is -0.131. The first-order valence-electron chi connectivity index (χ1n) is 9.00. The SMILES string of the molecule is COC(=O)NC(C(=O)N[C@@H](Cc1ccccc1)C(=O)NCC(C)=O)C(C)(C)C. The van der Waals surface area contributed by atoms with Crippen LogP contribution >= 0.6 is 0 Å². The number of hydrogen-bond acceptors (Lipinski definition) is 5. The van der Waals surface area contributed by atoms with E-state index in [2.05, 4.69) is 20.7 Å². The van der Waals surface area contributed by atoms with Crippen LogP contribution in [0.4, 0.5) is 4.79 Å². The fraction of sp³-hybridized carbons (Fsp3) is 0.500. The van der Waals surface area contributed by atoms with Crippen LogP contribution in [0.3, 0.4) is 0 Å². The zero-order valence-electron chi connectivity index (χ0n) is 17.0. The molecular weight excluding hydrogens is 362 g/mol. The maximum absolute atomic E-state index is 12.9. The number of amides is 3. The van der Waals surface area contributed by atoms with E-state index >= 15 is 0 Å². The highest BCUT2D eigenvalue weighted by atomic mass is 16.5. The molecule has 0 heterocycles. The fourth-order valence-corrected chi connectivity index (χ4v) is 2.50. The third-order valence-corrected chi connectivity index (χ3v) is 4.00. The lowest BCUT2D eigenvalue weighted by atomic mass is 9.86. The summed E-state index contributed by atoms with van der Waals surface area (Å²) in [6.07, 6.45) is -0.499. The number of benzene rings is 1. The summed E-state index contributed by atoms with van der Waals surface area (Å²) >= 11 is 0. The summed E-state index contributed by atoms with van der Waals surface area (Å²) in [7, 11) is 1.21. The summed E-state index contributed by atoms with van der Waals surface area (Å²) in [6, 6.07) is 7.37. The molecule has 3 N–H and O–H groups in total. The van der Waals surface area contributed by atoms with Crippen LogP contribution in [0.15, 0.2) is 30.3 Å². The van der Waals surface area contributed by atoms with Gasteiger partial charge in [-0.1, -0.05) is 51.1 Å². The molecular formula is C20H29N3O5. The van der Waals surface area contributed by atoms with Crippen molar-refractivity contribution in [2.45, 2.75) is 46.2 Å². The number of alkyl carbamates (subject to hydrolysis) is 1. The molecule has 0 fully saturated rings. The largest absolute Gasteiger partial charge is 0.453 e. The van der Waals surface area contributed by atoms with Gasteiger partial charge in [0.05, 0.1) is 13.7 Å². The van der Waals surface area contributed by atoms with Crippen molar-refractivity contribution in [3.8, 4) is 0 Å². The quantitative estimate of drug-likeness (QED) is 0.616. The van der Waals surface area contributed by atoms with Gasteiger partial charge in [0.2, 0.25) is 11.8 Å². The number of methoxy groups -OCH3 is 1. The van der Waals surface area contributed by atoms with E-state index < -0.39 is 35.4 Å². The Bertz CT molecular complexity index is 698. The average molecular weight is 391 g/mol. The second kappa shape index (κ2) is 10.4. The molecule has 0 aliphatic heterocycles. The minimum Gasteiger partial charge on any atom is -0.453 e. The van der Waals surface area contributed by atoms with E-state index in [4.69, 9.17) is 0 Å². The number of Topliss-reactive ketones (excluding diaryl/α,β-unsaturated/α-hetero) is 1. The number of nitrogens with one attached hydrogen (secondary N) is 3. The molecule has 0 aliphatic rings. The molecule has 0 spiro atoms. The highest BCUT2D eigenvalue weighted by Gasteiger charge is 2.35. The number of hydrogen-bond donors (Lipinski definition) is 3. The van der Waals surface area contributed by atoms with E-state index in [0.29, 0.717) is 0 Å². The molecule has 8 heteroatoms. The van der Waals surface area contributed by atoms with Gasteiger partial charge in [0.15, 0.2) is 0 Å². The Kier molecular flexibility index (Phi) is 8.63. The van der Waals surface area contributed by atoms with Crippen LogP contribution in [0, 0.1) is 5.41 Å². The molecule has 2 atom stereocenters. The van der Waals surface area contributed by atoms with Crippen molar-refractivity contribution in [3.63, 3.8) is 0 Å². The molecule has 0 saturated carbocycles. The zero-order valence-corrected chi connectivity index (χ0v) is 17.0. The van der Waals surface area contributed by atoms with Gasteiger partial charge in [-0.15, -0.1) is 0 Å². The van der Waals surface area contributed by atoms with Gasteiger partial charge in [0.25, 0.3) is 0 Å². The summed E-state index contributed by atoms with van der Waals surface area (Å²) < 4.78 is 4.59. The maximum atomic E-state index is 12.9. The summed E-state index contributed by atoms with van der Waals surface area (Å²) in [4.78, 5) is 48.2. The lowest BCUT2D eigenvalue weighted by Gasteiger charge is -2.31. The highest BCUT2D eigenvalue weighted by Crippen LogP contribution is 2.20. The Balaban J connectivity index is 3.00. The van der Waals surface area contributed by atoms with Crippen LogP contribution in [0.2, 0.25) is 0 Å². The fourth-order valence-electron chi connectivity index (χ4n) is 2.50. The molecule has 8 nitrogen and oxygen atoms in total. The first-order valence-corrected chi connectivity index (χ1v) is 9.00. The Hall–Kier alpha value is -2.90. The smallest absolute Gasteiger partial charge is 0.407 e. The predicted molar refractivity (Wildman–Crippen MR) is 105 cm³/mol. The summed E-state index contributed by atoms with van der Waals surface area (Å²) in [5, 5.41) is 7.72. The van der Waals surface area contributed by atoms with Gasteiger partial charge in [-0.05, 0) is 17.9 Å². The minimum atomic E-state index is -0.918. The number of ketones is 1. The molecule has 0 aromatic heterocycles. The lowest BCUT2D eigenvalue weighted by Crippen LogP contribution is -2.58. The summed E-state index contributed by atoms with van der Waals surface area (Å²) in [5.74, 6) is -1.19. The van der Waals surface area contributed by atoms with Crippen molar-refractivity contribution in [1.29, 1.82) is 0 Å².